The number of methoxy groups -OCH3 is 1. The summed E-state index contributed by atoms with van der Waals surface area (Å²) in [6, 6.07) is 4.54. The second kappa shape index (κ2) is 24.0. The molecule has 0 unspecified atom stereocenters. The van der Waals surface area contributed by atoms with Gasteiger partial charge in [0.25, 0.3) is 5.09 Å². The Kier molecular flexibility index (Phi) is 20.1. The normalized spacial score (nSPS) is 18.6. The topological polar surface area (TPSA) is 201 Å². The Morgan fingerprint density at radius 2 is 1.72 bits per heavy atom. The second-order valence-corrected chi connectivity index (χ2v) is 12.3. The van der Waals surface area contributed by atoms with E-state index in [9.17, 15) is 39.5 Å². The molecule has 14 heteroatoms. The van der Waals surface area contributed by atoms with Crippen molar-refractivity contribution in [2.45, 2.75) is 103 Å². The molecule has 0 aliphatic heterocycles. The lowest BCUT2D eigenvalue weighted by Gasteiger charge is -2.22. The maximum absolute atomic E-state index is 12.3. The van der Waals surface area contributed by atoms with Crippen molar-refractivity contribution in [2.75, 3.05) is 26.9 Å². The van der Waals surface area contributed by atoms with Gasteiger partial charge < -0.3 is 34.6 Å². The van der Waals surface area contributed by atoms with Gasteiger partial charge in [0.15, 0.2) is 11.5 Å². The maximum Gasteiger partial charge on any atom is 0.330 e. The number of esters is 2. The third-order valence-corrected chi connectivity index (χ3v) is 8.46. The van der Waals surface area contributed by atoms with Gasteiger partial charge in [-0.2, -0.15) is 0 Å². The first-order chi connectivity index (χ1) is 24.0. The molecule has 4 atom stereocenters. The first kappa shape index (κ1) is 41.9. The lowest BCUT2D eigenvalue weighted by Crippen LogP contribution is -2.31. The van der Waals surface area contributed by atoms with Gasteiger partial charge in [0, 0.05) is 25.3 Å². The smallest absolute Gasteiger partial charge is 0.330 e. The quantitative estimate of drug-likeness (QED) is 0.0242. The number of benzene rings is 1. The Balaban J connectivity index is 1.68. The van der Waals surface area contributed by atoms with Crippen molar-refractivity contribution in [2.24, 2.45) is 11.8 Å². The molecule has 1 aliphatic rings. The number of nitrogens with zero attached hydrogens (tertiary/aromatic N) is 1. The lowest BCUT2D eigenvalue weighted by atomic mass is 9.86. The van der Waals surface area contributed by atoms with Crippen molar-refractivity contribution in [3.8, 4) is 11.5 Å². The van der Waals surface area contributed by atoms with Gasteiger partial charge in [-0.05, 0) is 74.1 Å². The molecule has 0 saturated heterocycles. The summed E-state index contributed by atoms with van der Waals surface area (Å²) in [5.74, 6) is -1.45. The number of ketones is 1. The van der Waals surface area contributed by atoms with Crippen molar-refractivity contribution in [1.29, 1.82) is 0 Å². The molecule has 1 saturated carbocycles. The fourth-order valence-corrected chi connectivity index (χ4v) is 5.79. The molecule has 2 rings (SSSR count). The zero-order chi connectivity index (χ0) is 36.7. The Morgan fingerprint density at radius 1 is 0.960 bits per heavy atom. The van der Waals surface area contributed by atoms with E-state index in [0.29, 0.717) is 50.5 Å². The van der Waals surface area contributed by atoms with E-state index in [1.807, 2.05) is 12.2 Å². The highest BCUT2D eigenvalue weighted by Crippen LogP contribution is 2.38. The molecule has 1 aromatic carbocycles. The number of hydrogen-bond donors (Lipinski definition) is 3. The zero-order valence-corrected chi connectivity index (χ0v) is 29.1. The molecule has 1 amide bonds. The van der Waals surface area contributed by atoms with E-state index in [-0.39, 0.29) is 61.2 Å². The predicted molar refractivity (Wildman–Crippen MR) is 183 cm³/mol. The first-order valence-corrected chi connectivity index (χ1v) is 17.3. The number of amides is 1. The van der Waals surface area contributed by atoms with Crippen LogP contribution in [0.4, 0.5) is 0 Å². The number of carbonyl (C=O) groups is 4. The number of allylic oxidation sites excluding steroid dienone is 2. The average Bonchev–Trinajstić information content (AvgIpc) is 3.36. The molecule has 50 heavy (non-hydrogen) atoms. The minimum absolute atomic E-state index is 0.111. The molecular formula is C36H52N2O12. The lowest BCUT2D eigenvalue weighted by molar-refractivity contribution is -0.757. The van der Waals surface area contributed by atoms with Gasteiger partial charge in [-0.3, -0.25) is 9.59 Å². The van der Waals surface area contributed by atoms with E-state index >= 15 is 0 Å². The summed E-state index contributed by atoms with van der Waals surface area (Å²) in [5, 5.41) is 32.6. The van der Waals surface area contributed by atoms with Crippen molar-refractivity contribution >= 4 is 29.7 Å². The molecule has 278 valence electrons. The molecular weight excluding hydrogens is 652 g/mol. The number of nitrogens with one attached hydrogen (secondary N) is 1. The van der Waals surface area contributed by atoms with Crippen molar-refractivity contribution < 1.29 is 53.5 Å². The van der Waals surface area contributed by atoms with Crippen LogP contribution in [0, 0.1) is 22.0 Å². The zero-order valence-electron chi connectivity index (χ0n) is 29.1. The van der Waals surface area contributed by atoms with Crippen LogP contribution < -0.4 is 14.8 Å². The number of rotatable bonds is 25. The van der Waals surface area contributed by atoms with Crippen LogP contribution in [0.5, 0.6) is 11.5 Å². The third kappa shape index (κ3) is 16.9. The maximum atomic E-state index is 12.3. The van der Waals surface area contributed by atoms with Gasteiger partial charge in [0.05, 0.1) is 19.3 Å². The van der Waals surface area contributed by atoms with Crippen molar-refractivity contribution in [1.82, 2.24) is 5.32 Å². The fourth-order valence-electron chi connectivity index (χ4n) is 5.79. The average molecular weight is 705 g/mol. The number of aliphatic hydroxyl groups excluding tert-OH is 2. The summed E-state index contributed by atoms with van der Waals surface area (Å²) in [7, 11) is 1.37. The Morgan fingerprint density at radius 3 is 2.46 bits per heavy atom. The minimum Gasteiger partial charge on any atom is -0.493 e. The van der Waals surface area contributed by atoms with Gasteiger partial charge in [0.1, 0.15) is 25.5 Å². The van der Waals surface area contributed by atoms with Gasteiger partial charge >= 0.3 is 11.9 Å². The predicted octanol–water partition coefficient (Wildman–Crippen LogP) is 4.67. The van der Waals surface area contributed by atoms with Crippen molar-refractivity contribution in [3.63, 3.8) is 0 Å². The molecule has 1 aromatic rings. The summed E-state index contributed by atoms with van der Waals surface area (Å²) in [6.45, 7) is 1.13. The third-order valence-electron chi connectivity index (χ3n) is 8.46. The van der Waals surface area contributed by atoms with Crippen molar-refractivity contribution in [3.05, 3.63) is 52.1 Å². The van der Waals surface area contributed by atoms with E-state index in [1.54, 1.807) is 6.07 Å². The number of Topliss-reactive ketones (excluding diaryl/α,β-unsaturated/α-hetero) is 1. The number of carbonyl (C=O) groups excluding carboxylic acids is 4. The molecule has 0 spiro atoms. The number of ether oxygens (including phenoxy) is 3. The van der Waals surface area contributed by atoms with Crippen LogP contribution in [0.1, 0.15) is 96.0 Å². The highest BCUT2D eigenvalue weighted by Gasteiger charge is 2.40. The van der Waals surface area contributed by atoms with Gasteiger partial charge in [-0.1, -0.05) is 50.8 Å². The van der Waals surface area contributed by atoms with Crippen LogP contribution in [0.2, 0.25) is 0 Å². The summed E-state index contributed by atoms with van der Waals surface area (Å²) in [5.41, 5.74) is 0.523. The molecule has 14 nitrogen and oxygen atoms in total. The summed E-state index contributed by atoms with van der Waals surface area (Å²) >= 11 is 0. The molecule has 1 fully saturated rings. The number of hydrogen-bond acceptors (Lipinski definition) is 12. The summed E-state index contributed by atoms with van der Waals surface area (Å²) in [6.07, 6.45) is 14.6. The summed E-state index contributed by atoms with van der Waals surface area (Å²) < 4.78 is 15.3. The first-order valence-electron chi connectivity index (χ1n) is 17.3. The van der Waals surface area contributed by atoms with Crippen LogP contribution in [0.15, 0.2) is 36.4 Å². The summed E-state index contributed by atoms with van der Waals surface area (Å²) in [4.78, 5) is 62.8. The van der Waals surface area contributed by atoms with Crippen LogP contribution >= 0.6 is 0 Å². The van der Waals surface area contributed by atoms with E-state index < -0.39 is 29.2 Å². The van der Waals surface area contributed by atoms with E-state index in [0.717, 1.165) is 25.3 Å². The van der Waals surface area contributed by atoms with Crippen LogP contribution in [0.3, 0.4) is 0 Å². The Labute approximate surface area is 293 Å². The monoisotopic (exact) mass is 704 g/mol. The number of unbranched alkanes of at least 4 members (excludes halogenated alkanes) is 5. The molecule has 1 aliphatic carbocycles. The fraction of sp³-hybridized carbons (Fsp3) is 0.611. The minimum atomic E-state index is -0.988. The van der Waals surface area contributed by atoms with Gasteiger partial charge in [-0.15, -0.1) is 10.1 Å². The standard InChI is InChI=1S/C36H52N2O12/c1-3-4-5-6-9-12-27(39)17-18-29-28(30(40)24-31(29)41)13-10-7-8-11-14-34(42)37-25-36(44)50-32-19-15-26(23-33(32)47-2)16-20-35(43)48-21-22-49-38(45)46/h7,10,15-16,19-20,23,28-31,40-41H,3-6,8-9,11-14,17-18,21-22,24-25H2,1-2H3,(H,37,42)/t28-,29-,30+,31-/m1/s1. The van der Waals surface area contributed by atoms with Gasteiger partial charge in [-0.25, -0.2) is 9.59 Å². The van der Waals surface area contributed by atoms with E-state index in [2.05, 4.69) is 17.1 Å². The Hall–Kier alpha value is -4.30. The van der Waals surface area contributed by atoms with Crippen LogP contribution in [0.25, 0.3) is 6.08 Å². The highest BCUT2D eigenvalue weighted by atomic mass is 17.0. The van der Waals surface area contributed by atoms with E-state index in [4.69, 9.17) is 14.2 Å². The Bertz CT molecular complexity index is 1300. The van der Waals surface area contributed by atoms with E-state index in [1.165, 1.54) is 38.2 Å². The molecule has 3 N–H and O–H groups in total. The van der Waals surface area contributed by atoms with Gasteiger partial charge in [0.2, 0.25) is 5.91 Å². The number of aliphatic hydroxyl groups is 2. The van der Waals surface area contributed by atoms with Crippen LogP contribution in [-0.4, -0.2) is 78.0 Å². The molecule has 0 bridgehead atoms. The molecule has 0 aromatic heterocycles. The molecule has 0 heterocycles. The highest BCUT2D eigenvalue weighted by molar-refractivity contribution is 5.87. The van der Waals surface area contributed by atoms with Crippen LogP contribution in [-0.2, 0) is 28.8 Å². The SMILES string of the molecule is CCCCCCCC(=O)CC[C@@H]1[C@@H](CC=CCCCC(=O)NCC(=O)Oc2ccc(C=CC(=O)OCCO[N+](=O)[O-])cc2OC)[C@@H](O)C[C@H]1O. The molecule has 0 radical (unpaired) electrons. The largest absolute Gasteiger partial charge is 0.493 e. The second-order valence-electron chi connectivity index (χ2n) is 12.3.